The number of hydrogen-bond donors (Lipinski definition) is 1. The Labute approximate surface area is 85.0 Å². The van der Waals surface area contributed by atoms with Gasteiger partial charge in [0.15, 0.2) is 0 Å². The van der Waals surface area contributed by atoms with Crippen LogP contribution >= 0.6 is 0 Å². The maximum atomic E-state index is 11.2. The topological polar surface area (TPSA) is 81.5 Å². The molecule has 6 nitrogen and oxygen atoms in total. The van der Waals surface area contributed by atoms with Gasteiger partial charge in [0.2, 0.25) is 0 Å². The zero-order valence-corrected chi connectivity index (χ0v) is 7.64. The molecule has 0 fully saturated rings. The number of hydrogen-bond acceptors (Lipinski definition) is 4. The Hall–Kier alpha value is -2.24. The van der Waals surface area contributed by atoms with Crippen molar-refractivity contribution >= 4 is 23.6 Å². The first kappa shape index (κ1) is 9.32. The fourth-order valence-corrected chi connectivity index (χ4v) is 1.31. The highest BCUT2D eigenvalue weighted by Crippen LogP contribution is 2.09. The van der Waals surface area contributed by atoms with Crippen molar-refractivity contribution in [3.63, 3.8) is 0 Å². The molecule has 0 spiro atoms. The van der Waals surface area contributed by atoms with Crippen molar-refractivity contribution in [3.8, 4) is 0 Å². The largest absolute Gasteiger partial charge is 0.284 e. The summed E-state index contributed by atoms with van der Waals surface area (Å²) in [5, 5.41) is 7.38. The molecule has 2 heterocycles. The van der Waals surface area contributed by atoms with Crippen LogP contribution in [0.4, 0.5) is 0 Å². The van der Waals surface area contributed by atoms with E-state index in [2.05, 4.69) is 0 Å². The van der Waals surface area contributed by atoms with Crippen LogP contribution in [0.1, 0.15) is 0 Å². The number of carbonyl (C=O) groups is 3. The van der Waals surface area contributed by atoms with Crippen LogP contribution in [0.5, 0.6) is 0 Å². The lowest BCUT2D eigenvalue weighted by Crippen LogP contribution is -2.43. The van der Waals surface area contributed by atoms with Gasteiger partial charge in [-0.3, -0.25) is 29.6 Å². The maximum Gasteiger partial charge on any atom is 0.255 e. The van der Waals surface area contributed by atoms with Gasteiger partial charge in [0, 0.05) is 18.2 Å². The van der Waals surface area contributed by atoms with Gasteiger partial charge in [0.25, 0.3) is 17.7 Å². The zero-order chi connectivity index (χ0) is 11.0. The molecule has 0 atom stereocenters. The van der Waals surface area contributed by atoms with Crippen LogP contribution in [-0.4, -0.2) is 40.0 Å². The zero-order valence-electron chi connectivity index (χ0n) is 7.64. The van der Waals surface area contributed by atoms with Crippen molar-refractivity contribution < 1.29 is 14.4 Å². The molecule has 0 aromatic carbocycles. The Bertz CT molecular complexity index is 360. The van der Waals surface area contributed by atoms with Crippen LogP contribution in [0.2, 0.25) is 0 Å². The van der Waals surface area contributed by atoms with Gasteiger partial charge in [0.1, 0.15) is 12.5 Å². The molecule has 0 saturated carbocycles. The minimum absolute atomic E-state index is 0.0208. The summed E-state index contributed by atoms with van der Waals surface area (Å²) in [5.41, 5.74) is 0. The smallest absolute Gasteiger partial charge is 0.255 e. The average molecular weight is 205 g/mol. The van der Waals surface area contributed by atoms with E-state index in [4.69, 9.17) is 5.41 Å². The minimum atomic E-state index is -0.465. The highest BCUT2D eigenvalue weighted by molar-refractivity contribution is 6.16. The van der Waals surface area contributed by atoms with E-state index in [9.17, 15) is 14.4 Å². The second-order valence-corrected chi connectivity index (χ2v) is 3.06. The lowest BCUT2D eigenvalue weighted by atomic mass is 10.5. The van der Waals surface area contributed by atoms with Crippen LogP contribution in [0.25, 0.3) is 0 Å². The number of carbonyl (C=O) groups excluding carboxylic acids is 3. The molecule has 76 valence electrons. The van der Waals surface area contributed by atoms with Crippen molar-refractivity contribution in [2.24, 2.45) is 0 Å². The van der Waals surface area contributed by atoms with Gasteiger partial charge in [-0.2, -0.15) is 0 Å². The van der Waals surface area contributed by atoms with E-state index in [0.717, 1.165) is 22.0 Å². The summed E-state index contributed by atoms with van der Waals surface area (Å²) in [4.78, 5) is 35.5. The third kappa shape index (κ3) is 1.45. The van der Waals surface area contributed by atoms with E-state index in [-0.39, 0.29) is 12.5 Å². The Kier molecular flexibility index (Phi) is 1.96. The Balaban J connectivity index is 2.10. The Morgan fingerprint density at radius 1 is 0.867 bits per heavy atom. The first-order valence-electron chi connectivity index (χ1n) is 4.21. The lowest BCUT2D eigenvalue weighted by Gasteiger charge is -2.21. The van der Waals surface area contributed by atoms with E-state index >= 15 is 0 Å². The molecule has 6 heteroatoms. The first-order chi connectivity index (χ1) is 7.09. The second-order valence-electron chi connectivity index (χ2n) is 3.06. The summed E-state index contributed by atoms with van der Waals surface area (Å²) in [5.74, 6) is -1.35. The molecule has 0 bridgehead atoms. The number of rotatable bonds is 2. The molecule has 2 aliphatic heterocycles. The van der Waals surface area contributed by atoms with E-state index in [0.29, 0.717) is 0 Å². The molecule has 0 unspecified atom stereocenters. The van der Waals surface area contributed by atoms with Crippen molar-refractivity contribution in [1.29, 1.82) is 5.41 Å². The fourth-order valence-electron chi connectivity index (χ4n) is 1.31. The highest BCUT2D eigenvalue weighted by atomic mass is 16.2. The summed E-state index contributed by atoms with van der Waals surface area (Å²) in [6.45, 7) is -0.199. The third-order valence-corrected chi connectivity index (χ3v) is 2.12. The molecular formula is C9H7N3O3. The van der Waals surface area contributed by atoms with Gasteiger partial charge in [-0.15, -0.1) is 0 Å². The molecule has 1 N–H and O–H groups in total. The maximum absolute atomic E-state index is 11.2. The predicted molar refractivity (Wildman–Crippen MR) is 49.6 cm³/mol. The van der Waals surface area contributed by atoms with Crippen LogP contribution in [0, 0.1) is 5.41 Å². The third-order valence-electron chi connectivity index (χ3n) is 2.12. The molecule has 0 aromatic heterocycles. The molecule has 2 aliphatic rings. The van der Waals surface area contributed by atoms with E-state index < -0.39 is 17.7 Å². The van der Waals surface area contributed by atoms with Crippen LogP contribution < -0.4 is 0 Å². The quantitative estimate of drug-likeness (QED) is 0.602. The minimum Gasteiger partial charge on any atom is -0.284 e. The summed E-state index contributed by atoms with van der Waals surface area (Å²) in [6.07, 6.45) is 4.82. The van der Waals surface area contributed by atoms with E-state index in [1.807, 2.05) is 0 Å². The molecular weight excluding hydrogens is 198 g/mol. The molecule has 3 amide bonds. The van der Waals surface area contributed by atoms with Crippen molar-refractivity contribution in [3.05, 3.63) is 24.3 Å². The number of amides is 3. The first-order valence-corrected chi connectivity index (χ1v) is 4.21. The molecule has 0 aliphatic carbocycles. The summed E-state index contributed by atoms with van der Waals surface area (Å²) in [6, 6.07) is 0. The fraction of sp³-hybridized carbons (Fsp3) is 0.111. The van der Waals surface area contributed by atoms with Gasteiger partial charge < -0.3 is 0 Å². The molecule has 2 rings (SSSR count). The number of nitrogens with one attached hydrogen (secondary N) is 1. The van der Waals surface area contributed by atoms with Gasteiger partial charge in [-0.25, -0.2) is 0 Å². The molecule has 0 aromatic rings. The van der Waals surface area contributed by atoms with Crippen molar-refractivity contribution in [1.82, 2.24) is 9.80 Å². The SMILES string of the molecule is N=C1C=CC(=O)N1CN1C(=O)C=CC1=O. The summed E-state index contributed by atoms with van der Waals surface area (Å²) in [7, 11) is 0. The molecule has 0 saturated heterocycles. The van der Waals surface area contributed by atoms with Crippen LogP contribution in [0.15, 0.2) is 24.3 Å². The van der Waals surface area contributed by atoms with Crippen LogP contribution in [0.3, 0.4) is 0 Å². The van der Waals surface area contributed by atoms with Gasteiger partial charge in [-0.1, -0.05) is 0 Å². The van der Waals surface area contributed by atoms with Gasteiger partial charge in [0.05, 0.1) is 0 Å². The lowest BCUT2D eigenvalue weighted by molar-refractivity contribution is -0.139. The second kappa shape index (κ2) is 3.16. The van der Waals surface area contributed by atoms with Crippen molar-refractivity contribution in [2.75, 3.05) is 6.67 Å². The summed E-state index contributed by atoms with van der Waals surface area (Å²) >= 11 is 0. The van der Waals surface area contributed by atoms with E-state index in [1.165, 1.54) is 12.2 Å². The molecule has 15 heavy (non-hydrogen) atoms. The van der Waals surface area contributed by atoms with E-state index in [1.54, 1.807) is 0 Å². The Morgan fingerprint density at radius 3 is 1.80 bits per heavy atom. The summed E-state index contributed by atoms with van der Waals surface area (Å²) < 4.78 is 0. The highest BCUT2D eigenvalue weighted by Gasteiger charge is 2.29. The molecule has 0 radical (unpaired) electrons. The number of imide groups is 1. The standard InChI is InChI=1S/C9H7N3O3/c10-6-1-2-7(13)11(6)5-12-8(14)3-4-9(12)15/h1-4,10H,5H2. The predicted octanol–water partition coefficient (Wildman–Crippen LogP) is -0.755. The Morgan fingerprint density at radius 2 is 1.33 bits per heavy atom. The number of amidine groups is 1. The van der Waals surface area contributed by atoms with Gasteiger partial charge in [-0.05, 0) is 6.08 Å². The monoisotopic (exact) mass is 205 g/mol. The van der Waals surface area contributed by atoms with Gasteiger partial charge >= 0.3 is 0 Å². The number of nitrogens with zero attached hydrogens (tertiary/aromatic N) is 2. The normalized spacial score (nSPS) is 20.0. The van der Waals surface area contributed by atoms with Crippen molar-refractivity contribution in [2.45, 2.75) is 0 Å². The van der Waals surface area contributed by atoms with Crippen LogP contribution in [-0.2, 0) is 14.4 Å². The average Bonchev–Trinajstić information content (AvgIpc) is 2.67.